The number of aliphatic carboxylic acids is 2. The summed E-state index contributed by atoms with van der Waals surface area (Å²) < 4.78 is 29.5. The number of rotatable bonds is 8. The van der Waals surface area contributed by atoms with Gasteiger partial charge in [0.25, 0.3) is 10.1 Å². The minimum atomic E-state index is -4.62. The molecule has 0 fully saturated rings. The zero-order valence-corrected chi connectivity index (χ0v) is 9.81. The van der Waals surface area contributed by atoms with Crippen LogP contribution in [0.5, 0.6) is 0 Å². The molecular formula is C8H15NO7S. The third kappa shape index (κ3) is 4.67. The van der Waals surface area contributed by atoms with Gasteiger partial charge in [-0.05, 0) is 12.8 Å². The average Bonchev–Trinajstić information content (AvgIpc) is 2.15. The molecule has 0 amide bonds. The Morgan fingerprint density at radius 2 is 1.41 bits per heavy atom. The van der Waals surface area contributed by atoms with Gasteiger partial charge < -0.3 is 15.9 Å². The van der Waals surface area contributed by atoms with Crippen molar-refractivity contribution in [3.63, 3.8) is 0 Å². The van der Waals surface area contributed by atoms with Crippen LogP contribution in [-0.2, 0) is 19.7 Å². The van der Waals surface area contributed by atoms with E-state index in [1.165, 1.54) is 0 Å². The van der Waals surface area contributed by atoms with Crippen molar-refractivity contribution < 1.29 is 32.8 Å². The smallest absolute Gasteiger partial charge is 0.303 e. The minimum absolute atomic E-state index is 0.426. The van der Waals surface area contributed by atoms with Gasteiger partial charge in [-0.3, -0.25) is 14.1 Å². The third-order valence-electron chi connectivity index (χ3n) is 2.51. The van der Waals surface area contributed by atoms with E-state index in [9.17, 15) is 18.0 Å². The van der Waals surface area contributed by atoms with Crippen molar-refractivity contribution in [3.8, 4) is 0 Å². The maximum absolute atomic E-state index is 11.2. The molecule has 0 rings (SSSR count). The summed E-state index contributed by atoms with van der Waals surface area (Å²) in [5, 5.41) is 17.0. The van der Waals surface area contributed by atoms with Gasteiger partial charge in [-0.1, -0.05) is 0 Å². The minimum Gasteiger partial charge on any atom is -0.481 e. The maximum Gasteiger partial charge on any atom is 0.303 e. The first kappa shape index (κ1) is 15.8. The Kier molecular flexibility index (Phi) is 5.52. The van der Waals surface area contributed by atoms with Crippen LogP contribution in [0.25, 0.3) is 0 Å². The summed E-state index contributed by atoms with van der Waals surface area (Å²) in [5.41, 5.74) is 5.24. The fraction of sp³-hybridized carbons (Fsp3) is 0.750. The van der Waals surface area contributed by atoms with Crippen molar-refractivity contribution in [1.29, 1.82) is 0 Å². The van der Waals surface area contributed by atoms with Gasteiger partial charge in [0, 0.05) is 19.4 Å². The van der Waals surface area contributed by atoms with E-state index < -0.39 is 59.0 Å². The first-order valence-electron chi connectivity index (χ1n) is 4.75. The normalized spacial score (nSPS) is 12.4. The molecule has 0 aliphatic carbocycles. The van der Waals surface area contributed by atoms with Crippen molar-refractivity contribution >= 4 is 22.1 Å². The largest absolute Gasteiger partial charge is 0.481 e. The Bertz CT molecular complexity index is 371. The van der Waals surface area contributed by atoms with E-state index in [2.05, 4.69) is 0 Å². The van der Waals surface area contributed by atoms with Gasteiger partial charge in [0.2, 0.25) is 0 Å². The number of carboxylic acid groups (broad SMARTS) is 2. The Morgan fingerprint density at radius 1 is 1.06 bits per heavy atom. The Morgan fingerprint density at radius 3 is 1.59 bits per heavy atom. The third-order valence-corrected chi connectivity index (χ3v) is 4.18. The Labute approximate surface area is 98.2 Å². The van der Waals surface area contributed by atoms with Gasteiger partial charge >= 0.3 is 11.9 Å². The van der Waals surface area contributed by atoms with Crippen molar-refractivity contribution in [2.45, 2.75) is 30.4 Å². The van der Waals surface area contributed by atoms with Gasteiger partial charge in [-0.2, -0.15) is 8.42 Å². The average molecular weight is 269 g/mol. The van der Waals surface area contributed by atoms with Gasteiger partial charge in [0.1, 0.15) is 4.75 Å². The number of carboxylic acids is 2. The second kappa shape index (κ2) is 5.94. The van der Waals surface area contributed by atoms with Crippen LogP contribution in [0.1, 0.15) is 25.7 Å². The molecule has 0 unspecified atom stereocenters. The molecule has 0 aromatic rings. The highest BCUT2D eigenvalue weighted by molar-refractivity contribution is 7.87. The van der Waals surface area contributed by atoms with Crippen molar-refractivity contribution in [1.82, 2.24) is 0 Å². The molecule has 8 nitrogen and oxygen atoms in total. The second-order valence-electron chi connectivity index (χ2n) is 3.65. The van der Waals surface area contributed by atoms with E-state index in [1.807, 2.05) is 0 Å². The molecule has 0 aromatic carbocycles. The van der Waals surface area contributed by atoms with E-state index in [-0.39, 0.29) is 0 Å². The number of hydrogen-bond donors (Lipinski definition) is 4. The van der Waals surface area contributed by atoms with E-state index in [4.69, 9.17) is 20.5 Å². The molecule has 0 saturated carbocycles. The van der Waals surface area contributed by atoms with E-state index in [0.717, 1.165) is 0 Å². The summed E-state index contributed by atoms with van der Waals surface area (Å²) in [7, 11) is -4.62. The molecule has 0 aliphatic rings. The molecule has 0 saturated heterocycles. The first-order chi connectivity index (χ1) is 7.64. The van der Waals surface area contributed by atoms with Gasteiger partial charge in [0.15, 0.2) is 0 Å². The highest BCUT2D eigenvalue weighted by Gasteiger charge is 2.42. The highest BCUT2D eigenvalue weighted by Crippen LogP contribution is 2.27. The van der Waals surface area contributed by atoms with Crippen molar-refractivity contribution in [2.75, 3.05) is 6.54 Å². The molecule has 5 N–H and O–H groups in total. The zero-order chi connectivity index (χ0) is 13.7. The summed E-state index contributed by atoms with van der Waals surface area (Å²) in [6.07, 6.45) is -1.89. The van der Waals surface area contributed by atoms with Crippen molar-refractivity contribution in [3.05, 3.63) is 0 Å². The van der Waals surface area contributed by atoms with Crippen LogP contribution in [0.3, 0.4) is 0 Å². The van der Waals surface area contributed by atoms with E-state index in [1.54, 1.807) is 0 Å². The van der Waals surface area contributed by atoms with Gasteiger partial charge in [-0.25, -0.2) is 0 Å². The molecular weight excluding hydrogens is 254 g/mol. The standard InChI is InChI=1S/C8H15NO7S/c9-5-8(17(14,15)16,3-1-6(10)11)4-2-7(12)13/h1-5,9H2,(H,10,11)(H,12,13)(H,14,15,16). The zero-order valence-electron chi connectivity index (χ0n) is 9.00. The summed E-state index contributed by atoms with van der Waals surface area (Å²) in [4.78, 5) is 20.8. The number of hydrogen-bond acceptors (Lipinski definition) is 5. The molecule has 100 valence electrons. The number of nitrogens with two attached hydrogens (primary N) is 1. The summed E-state index contributed by atoms with van der Waals surface area (Å²) in [6.45, 7) is -0.535. The van der Waals surface area contributed by atoms with E-state index in [0.29, 0.717) is 0 Å². The first-order valence-corrected chi connectivity index (χ1v) is 6.19. The summed E-state index contributed by atoms with van der Waals surface area (Å²) in [5.74, 6) is -2.50. The predicted octanol–water partition coefficient (Wildman–Crippen LogP) is -0.699. The Balaban J connectivity index is 5.02. The second-order valence-corrected chi connectivity index (χ2v) is 5.47. The molecule has 0 aliphatic heterocycles. The molecule has 0 bridgehead atoms. The molecule has 0 radical (unpaired) electrons. The van der Waals surface area contributed by atoms with Crippen molar-refractivity contribution in [2.24, 2.45) is 5.73 Å². The quantitative estimate of drug-likeness (QED) is 0.421. The predicted molar refractivity (Wildman–Crippen MR) is 57.1 cm³/mol. The molecule has 9 heteroatoms. The lowest BCUT2D eigenvalue weighted by molar-refractivity contribution is -0.137. The van der Waals surface area contributed by atoms with E-state index >= 15 is 0 Å². The molecule has 0 heterocycles. The lowest BCUT2D eigenvalue weighted by Gasteiger charge is -2.27. The van der Waals surface area contributed by atoms with Gasteiger partial charge in [0.05, 0.1) is 0 Å². The fourth-order valence-electron chi connectivity index (χ4n) is 1.36. The van der Waals surface area contributed by atoms with Crippen LogP contribution in [-0.4, -0.2) is 46.4 Å². The summed E-state index contributed by atoms with van der Waals surface area (Å²) >= 11 is 0. The maximum atomic E-state index is 11.2. The van der Waals surface area contributed by atoms with Crippen LogP contribution in [0.4, 0.5) is 0 Å². The summed E-state index contributed by atoms with van der Waals surface area (Å²) in [6, 6.07) is 0. The molecule has 0 spiro atoms. The van der Waals surface area contributed by atoms with Crippen LogP contribution < -0.4 is 5.73 Å². The van der Waals surface area contributed by atoms with Crippen LogP contribution in [0, 0.1) is 0 Å². The fourth-order valence-corrected chi connectivity index (χ4v) is 2.29. The van der Waals surface area contributed by atoms with Gasteiger partial charge in [-0.15, -0.1) is 0 Å². The van der Waals surface area contributed by atoms with Crippen LogP contribution in [0.2, 0.25) is 0 Å². The monoisotopic (exact) mass is 269 g/mol. The molecule has 17 heavy (non-hydrogen) atoms. The molecule has 0 aromatic heterocycles. The van der Waals surface area contributed by atoms with Crippen LogP contribution in [0.15, 0.2) is 0 Å². The SMILES string of the molecule is NCC(CCC(=O)O)(CCC(=O)O)S(=O)(=O)O. The molecule has 0 atom stereocenters. The van der Waals surface area contributed by atoms with Crippen LogP contribution >= 0.6 is 0 Å². The number of carbonyl (C=O) groups is 2. The topological polar surface area (TPSA) is 155 Å². The lowest BCUT2D eigenvalue weighted by atomic mass is 9.96. The highest BCUT2D eigenvalue weighted by atomic mass is 32.2. The lowest BCUT2D eigenvalue weighted by Crippen LogP contribution is -2.46. The Hall–Kier alpha value is -1.19.